The summed E-state index contributed by atoms with van der Waals surface area (Å²) in [5.41, 5.74) is 0.371. The molecule has 2 heterocycles. The summed E-state index contributed by atoms with van der Waals surface area (Å²) in [4.78, 5) is 34.4. The van der Waals surface area contributed by atoms with Crippen LogP contribution in [0.25, 0.3) is 11.3 Å². The molecule has 1 fully saturated rings. The molecule has 1 amide bonds. The number of hydrogen-bond acceptors (Lipinski definition) is 6. The van der Waals surface area contributed by atoms with Crippen molar-refractivity contribution in [1.29, 1.82) is 0 Å². The van der Waals surface area contributed by atoms with E-state index < -0.39 is 10.5 Å². The van der Waals surface area contributed by atoms with E-state index in [-0.39, 0.29) is 24.2 Å². The molecule has 1 N–H and O–H groups in total. The van der Waals surface area contributed by atoms with Crippen molar-refractivity contribution in [3.8, 4) is 11.3 Å². The maximum Gasteiger partial charge on any atom is 0.270 e. The van der Waals surface area contributed by atoms with Crippen molar-refractivity contribution in [2.24, 2.45) is 0 Å². The predicted molar refractivity (Wildman–Crippen MR) is 92.6 cm³/mol. The van der Waals surface area contributed by atoms with Crippen molar-refractivity contribution in [1.82, 2.24) is 15.1 Å². The number of nitro groups is 1. The number of aromatic nitrogens is 2. The Balaban J connectivity index is 1.73. The molecule has 0 aliphatic carbocycles. The zero-order valence-corrected chi connectivity index (χ0v) is 14.0. The van der Waals surface area contributed by atoms with Gasteiger partial charge in [-0.15, -0.1) is 0 Å². The lowest BCUT2D eigenvalue weighted by Crippen LogP contribution is -2.37. The Labute approximate surface area is 148 Å². The summed E-state index contributed by atoms with van der Waals surface area (Å²) in [5.74, 6) is -0.341. The number of nitrogens with one attached hydrogen (secondary N) is 1. The van der Waals surface area contributed by atoms with Gasteiger partial charge in [-0.25, -0.2) is 4.68 Å². The van der Waals surface area contributed by atoms with Gasteiger partial charge in [0.05, 0.1) is 16.7 Å². The highest BCUT2D eigenvalue weighted by atomic mass is 16.6. The highest BCUT2D eigenvalue weighted by Crippen LogP contribution is 2.21. The van der Waals surface area contributed by atoms with Crippen LogP contribution in [0.2, 0.25) is 0 Å². The third kappa shape index (κ3) is 4.31. The Kier molecular flexibility index (Phi) is 5.37. The third-order valence-corrected chi connectivity index (χ3v) is 4.06. The van der Waals surface area contributed by atoms with Gasteiger partial charge in [-0.3, -0.25) is 19.7 Å². The van der Waals surface area contributed by atoms with Crippen molar-refractivity contribution in [2.75, 3.05) is 13.2 Å². The number of carbonyl (C=O) groups excluding carboxylic acids is 1. The van der Waals surface area contributed by atoms with Crippen LogP contribution in [0, 0.1) is 10.1 Å². The lowest BCUT2D eigenvalue weighted by Gasteiger charge is -2.11. The Bertz CT molecular complexity index is 873. The summed E-state index contributed by atoms with van der Waals surface area (Å²) in [6, 6.07) is 8.70. The summed E-state index contributed by atoms with van der Waals surface area (Å²) < 4.78 is 6.47. The number of non-ortho nitro benzene ring substituents is 1. The molecule has 2 aromatic rings. The number of nitro benzene ring substituents is 1. The summed E-state index contributed by atoms with van der Waals surface area (Å²) in [5, 5.41) is 17.8. The molecule has 0 saturated carbocycles. The van der Waals surface area contributed by atoms with Crippen LogP contribution in [0.5, 0.6) is 0 Å². The standard InChI is InChI=1S/C17H18N4O5/c22-16(18-10-14-5-2-8-26-14)11-20-17(23)7-6-15(19-20)12-3-1-4-13(9-12)21(24)25/h1,3-4,6-7,9,14H,2,5,8,10-11H2,(H,18,22). The van der Waals surface area contributed by atoms with Crippen LogP contribution >= 0.6 is 0 Å². The molecule has 1 saturated heterocycles. The number of amides is 1. The van der Waals surface area contributed by atoms with Gasteiger partial charge in [-0.1, -0.05) is 12.1 Å². The van der Waals surface area contributed by atoms with E-state index in [1.165, 1.54) is 24.3 Å². The molecule has 0 bridgehead atoms. The average Bonchev–Trinajstić information content (AvgIpc) is 3.15. The lowest BCUT2D eigenvalue weighted by molar-refractivity contribution is -0.384. The summed E-state index contributed by atoms with van der Waals surface area (Å²) in [7, 11) is 0. The SMILES string of the molecule is O=C(Cn1nc(-c2cccc([N+](=O)[O-])c2)ccc1=O)NCC1CCCO1. The van der Waals surface area contributed by atoms with Crippen molar-refractivity contribution >= 4 is 11.6 Å². The quantitative estimate of drug-likeness (QED) is 0.611. The molecule has 136 valence electrons. The van der Waals surface area contributed by atoms with Crippen LogP contribution in [0.3, 0.4) is 0 Å². The minimum atomic E-state index is -0.502. The average molecular weight is 358 g/mol. The molecule has 1 aromatic heterocycles. The van der Waals surface area contributed by atoms with E-state index in [2.05, 4.69) is 10.4 Å². The first-order valence-corrected chi connectivity index (χ1v) is 8.24. The minimum absolute atomic E-state index is 0.0137. The normalized spacial score (nSPS) is 16.4. The number of rotatable bonds is 6. The van der Waals surface area contributed by atoms with Crippen LogP contribution in [0.4, 0.5) is 5.69 Å². The van der Waals surface area contributed by atoms with Crippen LogP contribution in [0.15, 0.2) is 41.2 Å². The van der Waals surface area contributed by atoms with E-state index in [0.29, 0.717) is 24.4 Å². The first-order chi connectivity index (χ1) is 12.5. The van der Waals surface area contributed by atoms with Crippen molar-refractivity contribution < 1.29 is 14.5 Å². The van der Waals surface area contributed by atoms with E-state index >= 15 is 0 Å². The second-order valence-corrected chi connectivity index (χ2v) is 5.96. The van der Waals surface area contributed by atoms with E-state index in [4.69, 9.17) is 4.74 Å². The van der Waals surface area contributed by atoms with Crippen LogP contribution in [-0.4, -0.2) is 39.9 Å². The fraction of sp³-hybridized carbons (Fsp3) is 0.353. The number of carbonyl (C=O) groups is 1. The first kappa shape index (κ1) is 17.7. The Morgan fingerprint density at radius 2 is 2.23 bits per heavy atom. The van der Waals surface area contributed by atoms with Gasteiger partial charge in [0.25, 0.3) is 11.2 Å². The van der Waals surface area contributed by atoms with Gasteiger partial charge in [0, 0.05) is 36.9 Å². The van der Waals surface area contributed by atoms with Gasteiger partial charge in [0.2, 0.25) is 5.91 Å². The number of ether oxygens (including phenoxy) is 1. The fourth-order valence-electron chi connectivity index (χ4n) is 2.72. The van der Waals surface area contributed by atoms with E-state index in [1.54, 1.807) is 12.1 Å². The molecular formula is C17H18N4O5. The Morgan fingerprint density at radius 1 is 1.38 bits per heavy atom. The molecule has 9 heteroatoms. The third-order valence-electron chi connectivity index (χ3n) is 4.06. The lowest BCUT2D eigenvalue weighted by atomic mass is 10.1. The molecule has 26 heavy (non-hydrogen) atoms. The zero-order valence-electron chi connectivity index (χ0n) is 14.0. The molecule has 1 aromatic carbocycles. The maximum absolute atomic E-state index is 12.1. The molecule has 1 aliphatic heterocycles. The highest BCUT2D eigenvalue weighted by Gasteiger charge is 2.17. The van der Waals surface area contributed by atoms with Crippen LogP contribution in [-0.2, 0) is 16.1 Å². The second-order valence-electron chi connectivity index (χ2n) is 5.96. The number of benzene rings is 1. The largest absolute Gasteiger partial charge is 0.376 e. The van der Waals surface area contributed by atoms with Gasteiger partial charge in [-0.05, 0) is 18.9 Å². The molecule has 1 aliphatic rings. The zero-order chi connectivity index (χ0) is 18.5. The molecule has 3 rings (SSSR count). The Hall–Kier alpha value is -3.07. The van der Waals surface area contributed by atoms with Crippen molar-refractivity contribution in [3.63, 3.8) is 0 Å². The summed E-state index contributed by atoms with van der Waals surface area (Å²) >= 11 is 0. The molecule has 1 atom stereocenters. The van der Waals surface area contributed by atoms with Crippen molar-refractivity contribution in [2.45, 2.75) is 25.5 Å². The molecule has 0 spiro atoms. The molecule has 9 nitrogen and oxygen atoms in total. The first-order valence-electron chi connectivity index (χ1n) is 8.24. The highest BCUT2D eigenvalue weighted by molar-refractivity contribution is 5.75. The van der Waals surface area contributed by atoms with E-state index in [1.807, 2.05) is 0 Å². The van der Waals surface area contributed by atoms with Gasteiger partial charge >= 0.3 is 0 Å². The number of hydrogen-bond donors (Lipinski definition) is 1. The van der Waals surface area contributed by atoms with Crippen LogP contribution < -0.4 is 10.9 Å². The van der Waals surface area contributed by atoms with Crippen LogP contribution in [0.1, 0.15) is 12.8 Å². The monoisotopic (exact) mass is 358 g/mol. The smallest absolute Gasteiger partial charge is 0.270 e. The summed E-state index contributed by atoms with van der Waals surface area (Å²) in [6.45, 7) is 0.874. The van der Waals surface area contributed by atoms with Gasteiger partial charge in [0.15, 0.2) is 0 Å². The fourth-order valence-corrected chi connectivity index (χ4v) is 2.72. The number of nitrogens with zero attached hydrogens (tertiary/aromatic N) is 3. The summed E-state index contributed by atoms with van der Waals surface area (Å²) in [6.07, 6.45) is 1.90. The van der Waals surface area contributed by atoms with Crippen molar-refractivity contribution in [3.05, 3.63) is 56.9 Å². The van der Waals surface area contributed by atoms with E-state index in [9.17, 15) is 19.7 Å². The Morgan fingerprint density at radius 3 is 2.96 bits per heavy atom. The second kappa shape index (κ2) is 7.87. The molecular weight excluding hydrogens is 340 g/mol. The van der Waals surface area contributed by atoms with Gasteiger partial charge < -0.3 is 10.1 Å². The molecule has 1 unspecified atom stereocenters. The minimum Gasteiger partial charge on any atom is -0.376 e. The van der Waals surface area contributed by atoms with E-state index in [0.717, 1.165) is 17.5 Å². The molecule has 0 radical (unpaired) electrons. The topological polar surface area (TPSA) is 116 Å². The van der Waals surface area contributed by atoms with Gasteiger partial charge in [0.1, 0.15) is 6.54 Å². The predicted octanol–water partition coefficient (Wildman–Crippen LogP) is 1.11. The van der Waals surface area contributed by atoms with Gasteiger partial charge in [-0.2, -0.15) is 5.10 Å². The maximum atomic E-state index is 12.1.